The second-order valence-corrected chi connectivity index (χ2v) is 13.9. The number of nitrogens with one attached hydrogen (secondary N) is 2. The molecule has 6 nitrogen and oxygen atoms in total. The summed E-state index contributed by atoms with van der Waals surface area (Å²) in [6.45, 7) is 6.95. The van der Waals surface area contributed by atoms with Crippen LogP contribution in [0, 0.1) is 17.3 Å². The molecule has 0 spiro atoms. The molecule has 1 amide bonds. The van der Waals surface area contributed by atoms with Crippen LogP contribution in [-0.4, -0.2) is 49.8 Å². The molecular formula is C26H38F3N3O3S. The van der Waals surface area contributed by atoms with Crippen LogP contribution in [0.2, 0.25) is 0 Å². The van der Waals surface area contributed by atoms with Gasteiger partial charge in [0.25, 0.3) is 0 Å². The van der Waals surface area contributed by atoms with E-state index in [4.69, 9.17) is 0 Å². The van der Waals surface area contributed by atoms with Gasteiger partial charge >= 0.3 is 6.18 Å². The van der Waals surface area contributed by atoms with Crippen LogP contribution < -0.4 is 10.6 Å². The van der Waals surface area contributed by atoms with Crippen molar-refractivity contribution in [1.82, 2.24) is 14.9 Å². The van der Waals surface area contributed by atoms with Gasteiger partial charge in [-0.05, 0) is 73.6 Å². The van der Waals surface area contributed by atoms with Gasteiger partial charge in [-0.3, -0.25) is 4.79 Å². The number of alkyl halides is 3. The Morgan fingerprint density at radius 3 is 2.25 bits per heavy atom. The Morgan fingerprint density at radius 1 is 1.03 bits per heavy atom. The van der Waals surface area contributed by atoms with Crippen LogP contribution >= 0.6 is 0 Å². The van der Waals surface area contributed by atoms with Gasteiger partial charge < -0.3 is 10.6 Å². The lowest BCUT2D eigenvalue weighted by Crippen LogP contribution is -2.52. The average Bonchev–Trinajstić information content (AvgIpc) is 3.51. The highest BCUT2D eigenvalue weighted by Gasteiger charge is 2.47. The second kappa shape index (κ2) is 10.3. The SMILES string of the molecule is CC(C)(C)C[C@H](NC1CCCC1)C(=O)N[C@H]1CC[C@@H]2CN(S(=O)(=O)c3ccc(C(F)(F)F)cc3)C[C@@H]21. The Labute approximate surface area is 212 Å². The van der Waals surface area contributed by atoms with E-state index < -0.39 is 21.8 Å². The van der Waals surface area contributed by atoms with Crippen LogP contribution in [-0.2, 0) is 21.0 Å². The van der Waals surface area contributed by atoms with E-state index in [0.29, 0.717) is 19.0 Å². The summed E-state index contributed by atoms with van der Waals surface area (Å²) in [6, 6.07) is 3.62. The fourth-order valence-corrected chi connectivity index (χ4v) is 7.60. The van der Waals surface area contributed by atoms with Gasteiger partial charge in [0.15, 0.2) is 0 Å². The Morgan fingerprint density at radius 2 is 1.67 bits per heavy atom. The van der Waals surface area contributed by atoms with E-state index in [-0.39, 0.29) is 46.7 Å². The van der Waals surface area contributed by atoms with E-state index in [9.17, 15) is 26.4 Å². The van der Waals surface area contributed by atoms with E-state index in [1.54, 1.807) is 0 Å². The Balaban J connectivity index is 1.41. The molecule has 0 bridgehead atoms. The third-order valence-electron chi connectivity index (χ3n) is 7.90. The first-order chi connectivity index (χ1) is 16.7. The quantitative estimate of drug-likeness (QED) is 0.543. The standard InChI is InChI=1S/C26H38F3N3O3S/c1-25(2,3)14-23(30-19-6-4-5-7-19)24(33)31-22-13-8-17-15-32(16-21(17)22)36(34,35)20-11-9-18(10-12-20)26(27,28)29/h9-12,17,19,21-23,30H,4-8,13-16H2,1-3H3,(H,31,33)/t17-,21+,22+,23+/m1/s1. The lowest BCUT2D eigenvalue weighted by atomic mass is 9.87. The molecule has 4 rings (SSSR count). The number of hydrogen-bond acceptors (Lipinski definition) is 4. The third kappa shape index (κ3) is 6.25. The first-order valence-electron chi connectivity index (χ1n) is 13.0. The Bertz CT molecular complexity index is 1030. The summed E-state index contributed by atoms with van der Waals surface area (Å²) in [5.74, 6) is 0.106. The lowest BCUT2D eigenvalue weighted by Gasteiger charge is -2.30. The lowest BCUT2D eigenvalue weighted by molar-refractivity contribution is -0.137. The molecule has 2 saturated carbocycles. The van der Waals surface area contributed by atoms with E-state index in [1.165, 1.54) is 17.1 Å². The predicted octanol–water partition coefficient (Wildman–Crippen LogP) is 4.56. The molecule has 1 aromatic carbocycles. The van der Waals surface area contributed by atoms with Gasteiger partial charge in [0.05, 0.1) is 16.5 Å². The van der Waals surface area contributed by atoms with Crippen molar-refractivity contribution in [3.63, 3.8) is 0 Å². The predicted molar refractivity (Wildman–Crippen MR) is 132 cm³/mol. The first-order valence-corrected chi connectivity index (χ1v) is 14.4. The van der Waals surface area contributed by atoms with E-state index in [1.807, 2.05) is 0 Å². The fraction of sp³-hybridized carbons (Fsp3) is 0.731. The molecule has 202 valence electrons. The van der Waals surface area contributed by atoms with Crippen molar-refractivity contribution in [1.29, 1.82) is 0 Å². The maximum atomic E-state index is 13.4. The normalized spacial score (nSPS) is 26.8. The van der Waals surface area contributed by atoms with Crippen molar-refractivity contribution in [3.05, 3.63) is 29.8 Å². The zero-order chi connectivity index (χ0) is 26.3. The minimum Gasteiger partial charge on any atom is -0.352 e. The molecule has 2 aliphatic carbocycles. The largest absolute Gasteiger partial charge is 0.416 e. The molecule has 2 N–H and O–H groups in total. The van der Waals surface area contributed by atoms with Crippen molar-refractivity contribution in [2.45, 2.75) is 94.9 Å². The summed E-state index contributed by atoms with van der Waals surface area (Å²) in [4.78, 5) is 13.2. The zero-order valence-corrected chi connectivity index (χ0v) is 22.1. The molecule has 1 saturated heterocycles. The van der Waals surface area contributed by atoms with Crippen LogP contribution in [0.25, 0.3) is 0 Å². The number of rotatable bonds is 7. The number of carbonyl (C=O) groups excluding carboxylic acids is 1. The van der Waals surface area contributed by atoms with Crippen LogP contribution in [0.1, 0.15) is 71.3 Å². The summed E-state index contributed by atoms with van der Waals surface area (Å²) < 4.78 is 66.3. The molecule has 1 heterocycles. The van der Waals surface area contributed by atoms with Crippen LogP contribution in [0.4, 0.5) is 13.2 Å². The highest BCUT2D eigenvalue weighted by molar-refractivity contribution is 7.89. The number of benzene rings is 1. The number of nitrogens with zero attached hydrogens (tertiary/aromatic N) is 1. The summed E-state index contributed by atoms with van der Waals surface area (Å²) >= 11 is 0. The van der Waals surface area contributed by atoms with Crippen molar-refractivity contribution >= 4 is 15.9 Å². The molecule has 10 heteroatoms. The molecule has 0 radical (unpaired) electrons. The summed E-state index contributed by atoms with van der Waals surface area (Å²) in [6.07, 6.45) is 2.34. The molecule has 3 fully saturated rings. The Kier molecular flexibility index (Phi) is 7.80. The maximum Gasteiger partial charge on any atom is 0.416 e. The summed E-state index contributed by atoms with van der Waals surface area (Å²) in [7, 11) is -3.91. The molecule has 0 unspecified atom stereocenters. The van der Waals surface area contributed by atoms with Crippen molar-refractivity contribution in [3.8, 4) is 0 Å². The minimum atomic E-state index is -4.52. The van der Waals surface area contributed by atoms with Crippen LogP contribution in [0.3, 0.4) is 0 Å². The number of hydrogen-bond donors (Lipinski definition) is 2. The van der Waals surface area contributed by atoms with Gasteiger partial charge in [-0.15, -0.1) is 0 Å². The summed E-state index contributed by atoms with van der Waals surface area (Å²) in [5, 5.41) is 6.81. The number of fused-ring (bicyclic) bond motifs is 1. The molecular weight excluding hydrogens is 491 g/mol. The molecule has 0 aromatic heterocycles. The van der Waals surface area contributed by atoms with Crippen molar-refractivity contribution < 1.29 is 26.4 Å². The van der Waals surface area contributed by atoms with Gasteiger partial charge in [0.2, 0.25) is 15.9 Å². The highest BCUT2D eigenvalue weighted by atomic mass is 32.2. The monoisotopic (exact) mass is 529 g/mol. The van der Waals surface area contributed by atoms with E-state index in [2.05, 4.69) is 31.4 Å². The number of amides is 1. The third-order valence-corrected chi connectivity index (χ3v) is 9.74. The van der Waals surface area contributed by atoms with Crippen molar-refractivity contribution in [2.75, 3.05) is 13.1 Å². The van der Waals surface area contributed by atoms with Crippen LogP contribution in [0.5, 0.6) is 0 Å². The van der Waals surface area contributed by atoms with E-state index in [0.717, 1.165) is 49.9 Å². The molecule has 1 aliphatic heterocycles. The van der Waals surface area contributed by atoms with Gasteiger partial charge in [0.1, 0.15) is 0 Å². The second-order valence-electron chi connectivity index (χ2n) is 11.9. The van der Waals surface area contributed by atoms with Gasteiger partial charge in [0, 0.05) is 25.2 Å². The number of carbonyl (C=O) groups is 1. The van der Waals surface area contributed by atoms with Gasteiger partial charge in [-0.2, -0.15) is 17.5 Å². The molecule has 36 heavy (non-hydrogen) atoms. The number of halogens is 3. The topological polar surface area (TPSA) is 78.5 Å². The zero-order valence-electron chi connectivity index (χ0n) is 21.3. The highest BCUT2D eigenvalue weighted by Crippen LogP contribution is 2.40. The smallest absolute Gasteiger partial charge is 0.352 e. The van der Waals surface area contributed by atoms with Gasteiger partial charge in [-0.25, -0.2) is 8.42 Å². The maximum absolute atomic E-state index is 13.4. The van der Waals surface area contributed by atoms with Crippen molar-refractivity contribution in [2.24, 2.45) is 17.3 Å². The molecule has 1 aromatic rings. The van der Waals surface area contributed by atoms with Gasteiger partial charge in [-0.1, -0.05) is 33.6 Å². The first kappa shape index (κ1) is 27.4. The molecule has 3 aliphatic rings. The summed E-state index contributed by atoms with van der Waals surface area (Å²) in [5.41, 5.74) is -0.898. The average molecular weight is 530 g/mol. The van der Waals surface area contributed by atoms with E-state index >= 15 is 0 Å². The number of sulfonamides is 1. The minimum absolute atomic E-state index is 0.0000550. The fourth-order valence-electron chi connectivity index (χ4n) is 6.06. The molecule has 4 atom stereocenters. The Hall–Kier alpha value is -1.65. The van der Waals surface area contributed by atoms with Crippen LogP contribution in [0.15, 0.2) is 29.2 Å².